The first-order valence-electron chi connectivity index (χ1n) is 7.93. The Morgan fingerprint density at radius 1 is 0.875 bits per heavy atom. The van der Waals surface area contributed by atoms with Gasteiger partial charge in [0.2, 0.25) is 5.89 Å². The molecule has 0 aliphatic carbocycles. The van der Waals surface area contributed by atoms with E-state index >= 15 is 0 Å². The van der Waals surface area contributed by atoms with Gasteiger partial charge < -0.3 is 9.15 Å². The first-order chi connectivity index (χ1) is 11.8. The predicted molar refractivity (Wildman–Crippen MR) is 95.0 cm³/mol. The van der Waals surface area contributed by atoms with Gasteiger partial charge in [-0.1, -0.05) is 54.6 Å². The van der Waals surface area contributed by atoms with Crippen LogP contribution in [0.5, 0.6) is 5.75 Å². The van der Waals surface area contributed by atoms with Crippen molar-refractivity contribution in [2.75, 3.05) is 0 Å². The zero-order chi connectivity index (χ0) is 16.4. The molecule has 4 aromatic rings. The van der Waals surface area contributed by atoms with Gasteiger partial charge in [-0.3, -0.25) is 0 Å². The number of fused-ring (bicyclic) bond motifs is 1. The molecule has 0 atom stereocenters. The molecule has 0 aliphatic heterocycles. The molecule has 118 valence electrons. The summed E-state index contributed by atoms with van der Waals surface area (Å²) in [5.74, 6) is 2.27. The molecule has 0 radical (unpaired) electrons. The van der Waals surface area contributed by atoms with Crippen molar-refractivity contribution in [3.8, 4) is 17.2 Å². The maximum absolute atomic E-state index is 6.01. The summed E-state index contributed by atoms with van der Waals surface area (Å²) in [5.41, 5.74) is 1.79. The van der Waals surface area contributed by atoms with E-state index in [0.29, 0.717) is 12.5 Å². The van der Waals surface area contributed by atoms with Crippen molar-refractivity contribution in [1.29, 1.82) is 0 Å². The number of hydrogen-bond donors (Lipinski definition) is 0. The fourth-order valence-corrected chi connectivity index (χ4v) is 2.73. The molecule has 0 saturated carbocycles. The lowest BCUT2D eigenvalue weighted by Gasteiger charge is -2.08. The molecule has 0 amide bonds. The number of nitrogens with zero attached hydrogens (tertiary/aromatic N) is 1. The second-order valence-electron chi connectivity index (χ2n) is 5.65. The van der Waals surface area contributed by atoms with Crippen LogP contribution < -0.4 is 4.74 Å². The molecule has 0 aliphatic rings. The topological polar surface area (TPSA) is 35.3 Å². The SMILES string of the molecule is Cc1oc(-c2ccccc2)nc1COc1cccc2ccccc12. The summed E-state index contributed by atoms with van der Waals surface area (Å²) >= 11 is 0. The van der Waals surface area contributed by atoms with E-state index in [0.717, 1.165) is 33.5 Å². The molecule has 1 aromatic heterocycles. The minimum atomic E-state index is 0.385. The van der Waals surface area contributed by atoms with Crippen molar-refractivity contribution >= 4 is 10.8 Å². The predicted octanol–water partition coefficient (Wildman–Crippen LogP) is 5.38. The third-order valence-corrected chi connectivity index (χ3v) is 4.03. The highest BCUT2D eigenvalue weighted by molar-refractivity contribution is 5.88. The standard InChI is InChI=1S/C21H17NO2/c1-15-19(22-21(24-15)17-9-3-2-4-10-17)14-23-20-13-7-11-16-8-5-6-12-18(16)20/h2-13H,14H2,1H3. The molecule has 0 bridgehead atoms. The van der Waals surface area contributed by atoms with Crippen LogP contribution in [0.1, 0.15) is 11.5 Å². The van der Waals surface area contributed by atoms with Crippen LogP contribution in [-0.4, -0.2) is 4.98 Å². The van der Waals surface area contributed by atoms with E-state index in [4.69, 9.17) is 9.15 Å². The molecule has 0 unspecified atom stereocenters. The van der Waals surface area contributed by atoms with Gasteiger partial charge in [0.15, 0.2) is 0 Å². The lowest BCUT2D eigenvalue weighted by atomic mass is 10.1. The summed E-state index contributed by atoms with van der Waals surface area (Å²) < 4.78 is 11.8. The molecule has 1 heterocycles. The summed E-state index contributed by atoms with van der Waals surface area (Å²) in [5, 5.41) is 2.27. The molecular formula is C21H17NO2. The quantitative estimate of drug-likeness (QED) is 0.507. The minimum absolute atomic E-state index is 0.385. The fourth-order valence-electron chi connectivity index (χ4n) is 2.73. The van der Waals surface area contributed by atoms with Gasteiger partial charge in [-0.2, -0.15) is 0 Å². The van der Waals surface area contributed by atoms with Gasteiger partial charge in [0.1, 0.15) is 23.8 Å². The number of hydrogen-bond acceptors (Lipinski definition) is 3. The summed E-state index contributed by atoms with van der Waals surface area (Å²) in [6.07, 6.45) is 0. The molecule has 0 spiro atoms. The van der Waals surface area contributed by atoms with Crippen LogP contribution >= 0.6 is 0 Å². The first kappa shape index (κ1) is 14.5. The zero-order valence-corrected chi connectivity index (χ0v) is 13.4. The van der Waals surface area contributed by atoms with Crippen molar-refractivity contribution in [2.45, 2.75) is 13.5 Å². The van der Waals surface area contributed by atoms with Crippen molar-refractivity contribution in [2.24, 2.45) is 0 Å². The van der Waals surface area contributed by atoms with Crippen LogP contribution in [0, 0.1) is 6.92 Å². The Kier molecular flexibility index (Phi) is 3.75. The summed E-state index contributed by atoms with van der Waals surface area (Å²) in [6, 6.07) is 24.2. The van der Waals surface area contributed by atoms with Crippen LogP contribution in [-0.2, 0) is 6.61 Å². The molecule has 0 fully saturated rings. The van der Waals surface area contributed by atoms with Crippen LogP contribution in [0.4, 0.5) is 0 Å². The number of aryl methyl sites for hydroxylation is 1. The summed E-state index contributed by atoms with van der Waals surface area (Å²) in [4.78, 5) is 4.58. The highest BCUT2D eigenvalue weighted by Gasteiger charge is 2.12. The molecule has 4 rings (SSSR count). The number of aromatic nitrogens is 1. The highest BCUT2D eigenvalue weighted by atomic mass is 16.5. The van der Waals surface area contributed by atoms with Crippen molar-refractivity contribution in [3.05, 3.63) is 84.3 Å². The molecule has 3 aromatic carbocycles. The van der Waals surface area contributed by atoms with Gasteiger partial charge in [-0.25, -0.2) is 4.98 Å². The van der Waals surface area contributed by atoms with E-state index in [1.54, 1.807) is 0 Å². The zero-order valence-electron chi connectivity index (χ0n) is 13.4. The number of rotatable bonds is 4. The first-order valence-corrected chi connectivity index (χ1v) is 7.93. The number of ether oxygens (including phenoxy) is 1. The molecule has 3 heteroatoms. The fraction of sp³-hybridized carbons (Fsp3) is 0.0952. The summed E-state index contributed by atoms with van der Waals surface area (Å²) in [6.45, 7) is 2.30. The largest absolute Gasteiger partial charge is 0.487 e. The Balaban J connectivity index is 1.59. The summed E-state index contributed by atoms with van der Waals surface area (Å²) in [7, 11) is 0. The smallest absolute Gasteiger partial charge is 0.226 e. The average molecular weight is 315 g/mol. The highest BCUT2D eigenvalue weighted by Crippen LogP contribution is 2.27. The second kappa shape index (κ2) is 6.20. The second-order valence-corrected chi connectivity index (χ2v) is 5.65. The maximum atomic E-state index is 6.01. The number of oxazole rings is 1. The molecule has 0 N–H and O–H groups in total. The third-order valence-electron chi connectivity index (χ3n) is 4.03. The van der Waals surface area contributed by atoms with Crippen LogP contribution in [0.15, 0.2) is 77.2 Å². The Morgan fingerprint density at radius 2 is 1.62 bits per heavy atom. The lowest BCUT2D eigenvalue weighted by molar-refractivity contribution is 0.303. The van der Waals surface area contributed by atoms with Crippen LogP contribution in [0.3, 0.4) is 0 Å². The molecule has 24 heavy (non-hydrogen) atoms. The van der Waals surface area contributed by atoms with E-state index in [9.17, 15) is 0 Å². The van der Waals surface area contributed by atoms with Crippen molar-refractivity contribution < 1.29 is 9.15 Å². The molecule has 0 saturated heterocycles. The Hall–Kier alpha value is -3.07. The van der Waals surface area contributed by atoms with Gasteiger partial charge >= 0.3 is 0 Å². The Bertz CT molecular complexity index is 968. The van der Waals surface area contributed by atoms with Gasteiger partial charge in [0.05, 0.1) is 0 Å². The van der Waals surface area contributed by atoms with Gasteiger partial charge in [0, 0.05) is 10.9 Å². The van der Waals surface area contributed by atoms with Gasteiger partial charge in [0.25, 0.3) is 0 Å². The Morgan fingerprint density at radius 3 is 2.50 bits per heavy atom. The van der Waals surface area contributed by atoms with Crippen molar-refractivity contribution in [3.63, 3.8) is 0 Å². The van der Waals surface area contributed by atoms with Gasteiger partial charge in [-0.15, -0.1) is 0 Å². The third kappa shape index (κ3) is 2.76. The number of benzene rings is 3. The average Bonchev–Trinajstić information content (AvgIpc) is 3.01. The lowest BCUT2D eigenvalue weighted by Crippen LogP contribution is -1.98. The van der Waals surface area contributed by atoms with E-state index in [-0.39, 0.29) is 0 Å². The minimum Gasteiger partial charge on any atom is -0.487 e. The van der Waals surface area contributed by atoms with E-state index in [1.807, 2.05) is 61.5 Å². The van der Waals surface area contributed by atoms with E-state index in [1.165, 1.54) is 0 Å². The Labute approximate surface area is 140 Å². The molecular weight excluding hydrogens is 298 g/mol. The van der Waals surface area contributed by atoms with Crippen LogP contribution in [0.25, 0.3) is 22.2 Å². The normalized spacial score (nSPS) is 10.9. The maximum Gasteiger partial charge on any atom is 0.226 e. The van der Waals surface area contributed by atoms with Gasteiger partial charge in [-0.05, 0) is 30.5 Å². The van der Waals surface area contributed by atoms with Crippen molar-refractivity contribution in [1.82, 2.24) is 4.98 Å². The molecule has 3 nitrogen and oxygen atoms in total. The van der Waals surface area contributed by atoms with Crippen LogP contribution in [0.2, 0.25) is 0 Å². The van der Waals surface area contributed by atoms with E-state index < -0.39 is 0 Å². The van der Waals surface area contributed by atoms with E-state index in [2.05, 4.69) is 23.2 Å². The monoisotopic (exact) mass is 315 g/mol.